The van der Waals surface area contributed by atoms with Crippen molar-refractivity contribution >= 4 is 11.8 Å². The maximum absolute atomic E-state index is 12.8. The van der Waals surface area contributed by atoms with E-state index in [4.69, 9.17) is 10.7 Å². The summed E-state index contributed by atoms with van der Waals surface area (Å²) in [5, 5.41) is 0. The monoisotopic (exact) mass is 399 g/mol. The van der Waals surface area contributed by atoms with Crippen LogP contribution in [0.2, 0.25) is 0 Å². The van der Waals surface area contributed by atoms with Crippen LogP contribution in [0.15, 0.2) is 72.8 Å². The van der Waals surface area contributed by atoms with E-state index in [0.717, 1.165) is 41.9 Å². The number of carbonyl (C=O) groups excluding carboxylic acids is 2. The van der Waals surface area contributed by atoms with E-state index >= 15 is 0 Å². The van der Waals surface area contributed by atoms with Crippen LogP contribution in [-0.4, -0.2) is 34.8 Å². The fourth-order valence-corrected chi connectivity index (χ4v) is 4.00. The number of aromatic nitrogens is 1. The Morgan fingerprint density at radius 2 is 1.80 bits per heavy atom. The molecule has 0 saturated carbocycles. The second-order valence-corrected chi connectivity index (χ2v) is 7.73. The Morgan fingerprint density at radius 1 is 1.00 bits per heavy atom. The molecule has 2 N–H and O–H groups in total. The summed E-state index contributed by atoms with van der Waals surface area (Å²) in [6.07, 6.45) is 2.40. The van der Waals surface area contributed by atoms with Crippen molar-refractivity contribution in [2.75, 3.05) is 13.1 Å². The molecule has 2 heterocycles. The van der Waals surface area contributed by atoms with Gasteiger partial charge in [-0.2, -0.15) is 0 Å². The fourth-order valence-electron chi connectivity index (χ4n) is 4.00. The topological polar surface area (TPSA) is 76.3 Å². The second-order valence-electron chi connectivity index (χ2n) is 7.73. The van der Waals surface area contributed by atoms with Crippen molar-refractivity contribution in [2.45, 2.75) is 25.2 Å². The number of rotatable bonds is 5. The van der Waals surface area contributed by atoms with Gasteiger partial charge in [0.25, 0.3) is 0 Å². The predicted octanol–water partition coefficient (Wildman–Crippen LogP) is 3.80. The molecule has 1 saturated heterocycles. The van der Waals surface area contributed by atoms with E-state index in [1.54, 1.807) is 12.1 Å². The van der Waals surface area contributed by atoms with E-state index in [-0.39, 0.29) is 11.8 Å². The normalized spacial score (nSPS) is 16.3. The minimum absolute atomic E-state index is 0.163. The summed E-state index contributed by atoms with van der Waals surface area (Å²) < 4.78 is 0. The lowest BCUT2D eigenvalue weighted by molar-refractivity contribution is -0.131. The van der Waals surface area contributed by atoms with Gasteiger partial charge in [-0.3, -0.25) is 14.6 Å². The summed E-state index contributed by atoms with van der Waals surface area (Å²) in [4.78, 5) is 31.1. The summed E-state index contributed by atoms with van der Waals surface area (Å²) in [6, 6.07) is 23.0. The number of nitrogens with two attached hydrogens (primary N) is 1. The zero-order valence-electron chi connectivity index (χ0n) is 16.8. The lowest BCUT2D eigenvalue weighted by atomic mass is 9.93. The number of carbonyl (C=O) groups is 2. The molecule has 152 valence electrons. The molecule has 4 rings (SSSR count). The second kappa shape index (κ2) is 8.91. The molecule has 1 aliphatic rings. The molecule has 0 aliphatic carbocycles. The average molecular weight is 399 g/mol. The number of piperidine rings is 1. The van der Waals surface area contributed by atoms with E-state index in [1.165, 1.54) is 0 Å². The highest BCUT2D eigenvalue weighted by Crippen LogP contribution is 2.28. The molecule has 2 amide bonds. The number of benzene rings is 2. The number of hydrogen-bond acceptors (Lipinski definition) is 3. The van der Waals surface area contributed by atoms with E-state index in [9.17, 15) is 9.59 Å². The molecule has 0 radical (unpaired) electrons. The van der Waals surface area contributed by atoms with Gasteiger partial charge < -0.3 is 10.6 Å². The first kappa shape index (κ1) is 19.8. The maximum Gasteiger partial charge on any atom is 0.248 e. The van der Waals surface area contributed by atoms with Crippen LogP contribution in [0.3, 0.4) is 0 Å². The smallest absolute Gasteiger partial charge is 0.248 e. The van der Waals surface area contributed by atoms with Crippen LogP contribution in [0.25, 0.3) is 11.3 Å². The third-order valence-corrected chi connectivity index (χ3v) is 5.60. The van der Waals surface area contributed by atoms with Crippen LogP contribution in [0.4, 0.5) is 0 Å². The van der Waals surface area contributed by atoms with Crippen molar-refractivity contribution in [1.82, 2.24) is 9.88 Å². The highest BCUT2D eigenvalue weighted by Gasteiger charge is 2.25. The van der Waals surface area contributed by atoms with Crippen molar-refractivity contribution in [2.24, 2.45) is 5.73 Å². The van der Waals surface area contributed by atoms with E-state index < -0.39 is 5.91 Å². The fraction of sp³-hybridized carbons (Fsp3) is 0.240. The number of pyridine rings is 1. The Hall–Kier alpha value is -3.47. The van der Waals surface area contributed by atoms with Crippen molar-refractivity contribution in [3.05, 3.63) is 89.6 Å². The molecule has 2 aromatic carbocycles. The van der Waals surface area contributed by atoms with Crippen molar-refractivity contribution in [3.63, 3.8) is 0 Å². The molecule has 1 aliphatic heterocycles. The van der Waals surface area contributed by atoms with Gasteiger partial charge in [-0.05, 0) is 42.7 Å². The van der Waals surface area contributed by atoms with Gasteiger partial charge in [0.15, 0.2) is 0 Å². The van der Waals surface area contributed by atoms with Crippen LogP contribution < -0.4 is 5.73 Å². The molecule has 1 unspecified atom stereocenters. The number of hydrogen-bond donors (Lipinski definition) is 1. The van der Waals surface area contributed by atoms with E-state index in [1.807, 2.05) is 65.6 Å². The molecule has 5 nitrogen and oxygen atoms in total. The van der Waals surface area contributed by atoms with Gasteiger partial charge in [-0.25, -0.2) is 0 Å². The molecular weight excluding hydrogens is 374 g/mol. The number of likely N-dealkylation sites (tertiary alicyclic amines) is 1. The van der Waals surface area contributed by atoms with Crippen molar-refractivity contribution < 1.29 is 9.59 Å². The molecule has 1 fully saturated rings. The quantitative estimate of drug-likeness (QED) is 0.709. The van der Waals surface area contributed by atoms with Crippen molar-refractivity contribution in [3.8, 4) is 11.3 Å². The van der Waals surface area contributed by atoms with Crippen LogP contribution in [0.5, 0.6) is 0 Å². The van der Waals surface area contributed by atoms with E-state index in [2.05, 4.69) is 0 Å². The first-order valence-electron chi connectivity index (χ1n) is 10.3. The zero-order valence-corrected chi connectivity index (χ0v) is 16.8. The largest absolute Gasteiger partial charge is 0.366 e. The number of amides is 2. The summed E-state index contributed by atoms with van der Waals surface area (Å²) >= 11 is 0. The van der Waals surface area contributed by atoms with Crippen molar-refractivity contribution in [1.29, 1.82) is 0 Å². The van der Waals surface area contributed by atoms with Gasteiger partial charge in [0.1, 0.15) is 0 Å². The standard InChI is InChI=1S/C25H25N3O2/c26-25(30)20-10-4-9-19(16-20)22-12-5-13-23(27-22)21-11-6-14-28(17-21)24(29)15-18-7-2-1-3-8-18/h1-5,7-10,12-13,16,21H,6,11,14-15,17H2,(H2,26,30). The van der Waals surface area contributed by atoms with Gasteiger partial charge in [0, 0.05) is 35.8 Å². The average Bonchev–Trinajstić information content (AvgIpc) is 2.80. The van der Waals surface area contributed by atoms with Gasteiger partial charge in [0.2, 0.25) is 11.8 Å². The highest BCUT2D eigenvalue weighted by molar-refractivity contribution is 5.94. The van der Waals surface area contributed by atoms with Gasteiger partial charge >= 0.3 is 0 Å². The van der Waals surface area contributed by atoms with Crippen LogP contribution >= 0.6 is 0 Å². The molecule has 0 bridgehead atoms. The molecule has 0 spiro atoms. The van der Waals surface area contributed by atoms with Crippen LogP contribution in [0, 0.1) is 0 Å². The Balaban J connectivity index is 1.50. The SMILES string of the molecule is NC(=O)c1cccc(-c2cccc(C3CCCN(C(=O)Cc4ccccc4)C3)n2)c1. The Kier molecular flexibility index (Phi) is 5.89. The first-order valence-corrected chi connectivity index (χ1v) is 10.3. The molecular formula is C25H25N3O2. The summed E-state index contributed by atoms with van der Waals surface area (Å²) in [7, 11) is 0. The number of primary amides is 1. The minimum atomic E-state index is -0.451. The minimum Gasteiger partial charge on any atom is -0.366 e. The highest BCUT2D eigenvalue weighted by atomic mass is 16.2. The Labute approximate surface area is 176 Å². The van der Waals surface area contributed by atoms with Gasteiger partial charge in [-0.1, -0.05) is 48.5 Å². The molecule has 3 aromatic rings. The third kappa shape index (κ3) is 4.57. The zero-order chi connectivity index (χ0) is 20.9. The van der Waals surface area contributed by atoms with Crippen LogP contribution in [-0.2, 0) is 11.2 Å². The summed E-state index contributed by atoms with van der Waals surface area (Å²) in [5.41, 5.74) is 9.57. The van der Waals surface area contributed by atoms with Crippen LogP contribution in [0.1, 0.15) is 40.4 Å². The Morgan fingerprint density at radius 3 is 2.60 bits per heavy atom. The number of nitrogens with zero attached hydrogens (tertiary/aromatic N) is 2. The Bertz CT molecular complexity index is 1050. The summed E-state index contributed by atoms with van der Waals surface area (Å²) in [5.74, 6) is -0.0817. The van der Waals surface area contributed by atoms with E-state index in [0.29, 0.717) is 18.5 Å². The van der Waals surface area contributed by atoms with Gasteiger partial charge in [0.05, 0.1) is 12.1 Å². The molecule has 5 heteroatoms. The third-order valence-electron chi connectivity index (χ3n) is 5.60. The lowest BCUT2D eigenvalue weighted by Gasteiger charge is -2.32. The first-order chi connectivity index (χ1) is 14.6. The summed E-state index contributed by atoms with van der Waals surface area (Å²) in [6.45, 7) is 1.48. The molecule has 30 heavy (non-hydrogen) atoms. The molecule has 1 aromatic heterocycles. The lowest BCUT2D eigenvalue weighted by Crippen LogP contribution is -2.40. The predicted molar refractivity (Wildman–Crippen MR) is 117 cm³/mol. The van der Waals surface area contributed by atoms with Gasteiger partial charge in [-0.15, -0.1) is 0 Å². The maximum atomic E-state index is 12.8. The molecule has 1 atom stereocenters.